The highest BCUT2D eigenvalue weighted by molar-refractivity contribution is 7.18. The summed E-state index contributed by atoms with van der Waals surface area (Å²) in [7, 11) is 0. The molecule has 7 heteroatoms. The lowest BCUT2D eigenvalue weighted by molar-refractivity contribution is -0.122. The Morgan fingerprint density at radius 1 is 1.12 bits per heavy atom. The molecule has 0 spiro atoms. The molecule has 1 aromatic carbocycles. The van der Waals surface area contributed by atoms with Crippen molar-refractivity contribution < 1.29 is 9.59 Å². The summed E-state index contributed by atoms with van der Waals surface area (Å²) in [5, 5.41) is 9.60. The zero-order valence-electron chi connectivity index (χ0n) is 13.3. The van der Waals surface area contributed by atoms with Crippen molar-refractivity contribution in [3.63, 3.8) is 0 Å². The smallest absolute Gasteiger partial charge is 0.319 e. The maximum absolute atomic E-state index is 11.9. The van der Waals surface area contributed by atoms with Gasteiger partial charge in [0.25, 0.3) is 0 Å². The van der Waals surface area contributed by atoms with Crippen molar-refractivity contribution in [2.75, 3.05) is 18.4 Å². The molecule has 1 aromatic heterocycles. The van der Waals surface area contributed by atoms with Crippen LogP contribution in [0, 0.1) is 5.92 Å². The summed E-state index contributed by atoms with van der Waals surface area (Å²) < 4.78 is 1.10. The molecule has 3 amide bonds. The molecule has 2 saturated carbocycles. The van der Waals surface area contributed by atoms with Crippen molar-refractivity contribution in [1.29, 1.82) is 0 Å². The van der Waals surface area contributed by atoms with Crippen LogP contribution in [0.4, 0.5) is 10.5 Å². The van der Waals surface area contributed by atoms with Crippen molar-refractivity contribution in [2.24, 2.45) is 5.92 Å². The number of anilines is 1. The number of nitrogens with zero attached hydrogens (tertiary/aromatic N) is 1. The number of carbonyl (C=O) groups is 2. The standard InChI is InChI=1S/C17H20N4O2S/c22-15(10-1-2-10)18-7-8-19-17(23)20-12-5-6-13-14(9-12)24-16(21-13)11-3-4-11/h5-6,9-11H,1-4,7-8H2,(H,18,22)(H2,19,20,23). The van der Waals surface area contributed by atoms with Gasteiger partial charge in [-0.05, 0) is 43.9 Å². The Morgan fingerprint density at radius 3 is 2.67 bits per heavy atom. The normalized spacial score (nSPS) is 16.8. The van der Waals surface area contributed by atoms with Gasteiger partial charge in [0, 0.05) is 30.6 Å². The minimum Gasteiger partial charge on any atom is -0.354 e. The summed E-state index contributed by atoms with van der Waals surface area (Å²) in [4.78, 5) is 28.0. The van der Waals surface area contributed by atoms with Gasteiger partial charge in [-0.3, -0.25) is 4.79 Å². The lowest BCUT2D eigenvalue weighted by atomic mass is 10.3. The van der Waals surface area contributed by atoms with E-state index in [2.05, 4.69) is 20.9 Å². The molecule has 0 radical (unpaired) electrons. The Labute approximate surface area is 144 Å². The zero-order valence-corrected chi connectivity index (χ0v) is 14.1. The van der Waals surface area contributed by atoms with Gasteiger partial charge in [0.05, 0.1) is 15.2 Å². The van der Waals surface area contributed by atoms with Crippen LogP contribution < -0.4 is 16.0 Å². The van der Waals surface area contributed by atoms with Gasteiger partial charge >= 0.3 is 6.03 Å². The first-order chi connectivity index (χ1) is 11.7. The second kappa shape index (κ2) is 6.39. The Bertz CT molecular complexity index is 780. The van der Waals surface area contributed by atoms with E-state index in [-0.39, 0.29) is 17.9 Å². The fraction of sp³-hybridized carbons (Fsp3) is 0.471. The minimum atomic E-state index is -0.262. The second-order valence-electron chi connectivity index (χ2n) is 6.46. The molecule has 0 atom stereocenters. The van der Waals surface area contributed by atoms with Gasteiger partial charge in [-0.1, -0.05) is 0 Å². The predicted molar refractivity (Wildman–Crippen MR) is 94.4 cm³/mol. The Morgan fingerprint density at radius 2 is 1.92 bits per heavy atom. The van der Waals surface area contributed by atoms with Crippen LogP contribution in [0.5, 0.6) is 0 Å². The molecule has 0 bridgehead atoms. The molecular weight excluding hydrogens is 324 g/mol. The monoisotopic (exact) mass is 344 g/mol. The van der Waals surface area contributed by atoms with Crippen molar-refractivity contribution >= 4 is 39.2 Å². The van der Waals surface area contributed by atoms with Gasteiger partial charge in [0.15, 0.2) is 0 Å². The van der Waals surface area contributed by atoms with Crippen molar-refractivity contribution in [2.45, 2.75) is 31.6 Å². The molecule has 0 saturated heterocycles. The fourth-order valence-electron chi connectivity index (χ4n) is 2.55. The first-order valence-corrected chi connectivity index (χ1v) is 9.24. The number of carbonyl (C=O) groups excluding carboxylic acids is 2. The largest absolute Gasteiger partial charge is 0.354 e. The van der Waals surface area contributed by atoms with Gasteiger partial charge in [-0.25, -0.2) is 9.78 Å². The highest BCUT2D eigenvalue weighted by Gasteiger charge is 2.29. The molecule has 0 aliphatic heterocycles. The van der Waals surface area contributed by atoms with E-state index in [4.69, 9.17) is 0 Å². The molecule has 2 fully saturated rings. The number of urea groups is 1. The molecule has 1 heterocycles. The number of amides is 3. The van der Waals surface area contributed by atoms with Crippen LogP contribution in [0.15, 0.2) is 18.2 Å². The number of hydrogen-bond donors (Lipinski definition) is 3. The van der Waals surface area contributed by atoms with Crippen LogP contribution in [0.1, 0.15) is 36.6 Å². The van der Waals surface area contributed by atoms with E-state index in [1.54, 1.807) is 11.3 Å². The topological polar surface area (TPSA) is 83.1 Å². The number of hydrogen-bond acceptors (Lipinski definition) is 4. The Balaban J connectivity index is 1.26. The van der Waals surface area contributed by atoms with Crippen LogP contribution in [0.3, 0.4) is 0 Å². The van der Waals surface area contributed by atoms with Gasteiger partial charge < -0.3 is 16.0 Å². The number of aromatic nitrogens is 1. The van der Waals surface area contributed by atoms with E-state index in [0.717, 1.165) is 28.7 Å². The summed E-state index contributed by atoms with van der Waals surface area (Å²) in [6.45, 7) is 0.875. The van der Waals surface area contributed by atoms with Crippen LogP contribution in [0.25, 0.3) is 10.2 Å². The van der Waals surface area contributed by atoms with E-state index >= 15 is 0 Å². The Hall–Kier alpha value is -2.15. The average Bonchev–Trinajstić information content (AvgIpc) is 3.47. The van der Waals surface area contributed by atoms with Gasteiger partial charge in [0.1, 0.15) is 0 Å². The number of thiazole rings is 1. The molecule has 6 nitrogen and oxygen atoms in total. The quantitative estimate of drug-likeness (QED) is 0.705. The summed E-state index contributed by atoms with van der Waals surface area (Å²) in [5.41, 5.74) is 1.75. The minimum absolute atomic E-state index is 0.0966. The highest BCUT2D eigenvalue weighted by Crippen LogP contribution is 2.43. The average molecular weight is 344 g/mol. The molecule has 2 aliphatic rings. The highest BCUT2D eigenvalue weighted by atomic mass is 32.1. The zero-order chi connectivity index (χ0) is 16.5. The van der Waals surface area contributed by atoms with Crippen molar-refractivity contribution in [1.82, 2.24) is 15.6 Å². The van der Waals surface area contributed by atoms with Gasteiger partial charge in [0.2, 0.25) is 5.91 Å². The number of fused-ring (bicyclic) bond motifs is 1. The third kappa shape index (κ3) is 3.67. The number of benzene rings is 1. The molecule has 0 unspecified atom stereocenters. The second-order valence-corrected chi connectivity index (χ2v) is 7.52. The van der Waals surface area contributed by atoms with Crippen LogP contribution in [-0.4, -0.2) is 30.0 Å². The van der Waals surface area contributed by atoms with Crippen LogP contribution in [0.2, 0.25) is 0 Å². The van der Waals surface area contributed by atoms with E-state index in [9.17, 15) is 9.59 Å². The summed E-state index contributed by atoms with van der Waals surface area (Å²) in [6, 6.07) is 5.52. The van der Waals surface area contributed by atoms with Crippen molar-refractivity contribution in [3.8, 4) is 0 Å². The predicted octanol–water partition coefficient (Wildman–Crippen LogP) is 2.82. The van der Waals surface area contributed by atoms with E-state index in [0.29, 0.717) is 19.0 Å². The van der Waals surface area contributed by atoms with E-state index in [1.165, 1.54) is 17.8 Å². The Kier molecular flexibility index (Phi) is 4.10. The lowest BCUT2D eigenvalue weighted by Gasteiger charge is -2.08. The molecule has 2 aliphatic carbocycles. The first-order valence-electron chi connectivity index (χ1n) is 8.42. The molecule has 126 valence electrons. The first kappa shape index (κ1) is 15.4. The summed E-state index contributed by atoms with van der Waals surface area (Å²) in [5.74, 6) is 0.942. The fourth-order valence-corrected chi connectivity index (χ4v) is 3.73. The lowest BCUT2D eigenvalue weighted by Crippen LogP contribution is -2.37. The van der Waals surface area contributed by atoms with Gasteiger partial charge in [-0.15, -0.1) is 11.3 Å². The summed E-state index contributed by atoms with van der Waals surface area (Å²) in [6.07, 6.45) is 4.46. The molecule has 3 N–H and O–H groups in total. The molecule has 2 aromatic rings. The van der Waals surface area contributed by atoms with Crippen molar-refractivity contribution in [3.05, 3.63) is 23.2 Å². The molecular formula is C17H20N4O2S. The maximum Gasteiger partial charge on any atom is 0.319 e. The third-order valence-electron chi connectivity index (χ3n) is 4.25. The van der Waals surface area contributed by atoms with Crippen LogP contribution in [-0.2, 0) is 4.79 Å². The molecule has 4 rings (SSSR count). The molecule has 24 heavy (non-hydrogen) atoms. The third-order valence-corrected chi connectivity index (χ3v) is 5.43. The van der Waals surface area contributed by atoms with Gasteiger partial charge in [-0.2, -0.15) is 0 Å². The van der Waals surface area contributed by atoms with E-state index < -0.39 is 0 Å². The number of rotatable bonds is 6. The van der Waals surface area contributed by atoms with E-state index in [1.807, 2.05) is 18.2 Å². The SMILES string of the molecule is O=C(NCCNC(=O)C1CC1)Nc1ccc2nc(C3CC3)sc2c1. The van der Waals surface area contributed by atoms with Crippen LogP contribution >= 0.6 is 11.3 Å². The number of nitrogens with one attached hydrogen (secondary N) is 3. The summed E-state index contributed by atoms with van der Waals surface area (Å²) >= 11 is 1.71. The maximum atomic E-state index is 11.9.